The summed E-state index contributed by atoms with van der Waals surface area (Å²) >= 11 is 6.98. The van der Waals surface area contributed by atoms with Crippen LogP contribution in [0.5, 0.6) is 11.5 Å². The molecule has 0 unspecified atom stereocenters. The minimum atomic E-state index is -0.255. The normalized spacial score (nSPS) is 11.1. The fraction of sp³-hybridized carbons (Fsp3) is 0.263. The second-order valence-electron chi connectivity index (χ2n) is 5.72. The first-order valence-electron chi connectivity index (χ1n) is 8.10. The smallest absolute Gasteiger partial charge is 0.259 e. The molecule has 2 aromatic rings. The van der Waals surface area contributed by atoms with Gasteiger partial charge in [-0.15, -0.1) is 0 Å². The largest absolute Gasteiger partial charge is 0.497 e. The second kappa shape index (κ2) is 9.75. The molecule has 6 nitrogen and oxygen atoms in total. The lowest BCUT2D eigenvalue weighted by atomic mass is 10.1. The molecule has 0 saturated carbocycles. The van der Waals surface area contributed by atoms with Crippen molar-refractivity contribution >= 4 is 49.2 Å². The zero-order valence-electron chi connectivity index (χ0n) is 15.5. The Labute approximate surface area is 175 Å². The van der Waals surface area contributed by atoms with Gasteiger partial charge in [0.15, 0.2) is 0 Å². The minimum Gasteiger partial charge on any atom is -0.497 e. The van der Waals surface area contributed by atoms with E-state index in [0.717, 1.165) is 25.8 Å². The molecule has 2 aromatic carbocycles. The zero-order valence-corrected chi connectivity index (χ0v) is 18.7. The number of ether oxygens (including phenoxy) is 2. The van der Waals surface area contributed by atoms with Crippen LogP contribution in [-0.4, -0.2) is 32.4 Å². The Hall–Kier alpha value is -2.06. The van der Waals surface area contributed by atoms with E-state index >= 15 is 0 Å². The summed E-state index contributed by atoms with van der Waals surface area (Å²) in [6, 6.07) is 9.26. The van der Waals surface area contributed by atoms with Crippen LogP contribution in [0.25, 0.3) is 0 Å². The number of hydrogen-bond acceptors (Lipinski definition) is 5. The lowest BCUT2D eigenvalue weighted by Crippen LogP contribution is -2.26. The van der Waals surface area contributed by atoms with Crippen LogP contribution < -0.4 is 20.2 Å². The molecular formula is C19H21Br2N3O3. The van der Waals surface area contributed by atoms with Gasteiger partial charge in [-0.1, -0.05) is 31.9 Å². The van der Waals surface area contributed by atoms with E-state index in [9.17, 15) is 4.79 Å². The SMILES string of the molecule is COc1ccc(/C(C)=N\NC(=O)CNc2cc(Br)c(C)c(Br)c2)c(OC)c1. The van der Waals surface area contributed by atoms with Gasteiger partial charge in [0.05, 0.1) is 26.5 Å². The van der Waals surface area contributed by atoms with E-state index in [4.69, 9.17) is 9.47 Å². The average molecular weight is 499 g/mol. The molecular weight excluding hydrogens is 478 g/mol. The predicted molar refractivity (Wildman–Crippen MR) is 115 cm³/mol. The first kappa shape index (κ1) is 21.2. The number of amides is 1. The number of carbonyl (C=O) groups is 1. The fourth-order valence-corrected chi connectivity index (χ4v) is 3.46. The van der Waals surface area contributed by atoms with Gasteiger partial charge in [0.2, 0.25) is 0 Å². The van der Waals surface area contributed by atoms with Gasteiger partial charge in [-0.05, 0) is 43.7 Å². The number of rotatable bonds is 7. The summed E-state index contributed by atoms with van der Waals surface area (Å²) in [5.74, 6) is 1.05. The standard InChI is InChI=1S/C19H21Br2N3O3/c1-11-16(20)7-13(8-17(11)21)22-10-19(25)24-23-12(2)15-6-5-14(26-3)9-18(15)27-4/h5-9,22H,10H2,1-4H3,(H,24,25)/b23-12-. The molecule has 0 spiro atoms. The number of hydrazone groups is 1. The molecule has 0 aliphatic rings. The number of methoxy groups -OCH3 is 2. The Morgan fingerprint density at radius 3 is 2.37 bits per heavy atom. The van der Waals surface area contributed by atoms with Crippen molar-refractivity contribution in [1.29, 1.82) is 0 Å². The summed E-state index contributed by atoms with van der Waals surface area (Å²) in [6.45, 7) is 3.89. The van der Waals surface area contributed by atoms with Crippen molar-refractivity contribution in [3.63, 3.8) is 0 Å². The van der Waals surface area contributed by atoms with Gasteiger partial charge in [0, 0.05) is 26.3 Å². The fourth-order valence-electron chi connectivity index (χ4n) is 2.27. The van der Waals surface area contributed by atoms with Gasteiger partial charge in [0.1, 0.15) is 11.5 Å². The summed E-state index contributed by atoms with van der Waals surface area (Å²) in [7, 11) is 3.17. The molecule has 0 radical (unpaired) electrons. The van der Waals surface area contributed by atoms with Gasteiger partial charge in [-0.25, -0.2) is 5.43 Å². The third kappa shape index (κ3) is 5.71. The van der Waals surface area contributed by atoms with Crippen LogP contribution in [0.15, 0.2) is 44.4 Å². The van der Waals surface area contributed by atoms with Gasteiger partial charge in [-0.3, -0.25) is 4.79 Å². The molecule has 0 atom stereocenters. The van der Waals surface area contributed by atoms with Crippen LogP contribution in [0.3, 0.4) is 0 Å². The monoisotopic (exact) mass is 497 g/mol. The van der Waals surface area contributed by atoms with E-state index in [2.05, 4.69) is 47.7 Å². The van der Waals surface area contributed by atoms with Crippen molar-refractivity contribution in [3.8, 4) is 11.5 Å². The number of nitrogens with one attached hydrogen (secondary N) is 2. The summed E-state index contributed by atoms with van der Waals surface area (Å²) in [5.41, 5.74) is 5.87. The molecule has 8 heteroatoms. The first-order valence-corrected chi connectivity index (χ1v) is 9.69. The highest BCUT2D eigenvalue weighted by molar-refractivity contribution is 9.11. The lowest BCUT2D eigenvalue weighted by Gasteiger charge is -2.11. The van der Waals surface area contributed by atoms with E-state index < -0.39 is 0 Å². The van der Waals surface area contributed by atoms with Crippen LogP contribution >= 0.6 is 31.9 Å². The molecule has 1 amide bonds. The Balaban J connectivity index is 2.00. The van der Waals surface area contributed by atoms with Crippen LogP contribution in [0.1, 0.15) is 18.1 Å². The quantitative estimate of drug-likeness (QED) is 0.435. The highest BCUT2D eigenvalue weighted by Gasteiger charge is 2.09. The Bertz CT molecular complexity index is 846. The second-order valence-corrected chi connectivity index (χ2v) is 7.43. The molecule has 0 aromatic heterocycles. The van der Waals surface area contributed by atoms with Crippen molar-refractivity contribution in [1.82, 2.24) is 5.43 Å². The van der Waals surface area contributed by atoms with Crippen molar-refractivity contribution in [2.45, 2.75) is 13.8 Å². The topological polar surface area (TPSA) is 72.0 Å². The molecule has 2 N–H and O–H groups in total. The number of hydrogen-bond donors (Lipinski definition) is 2. The number of nitrogens with zero attached hydrogens (tertiary/aromatic N) is 1. The van der Waals surface area contributed by atoms with Crippen molar-refractivity contribution < 1.29 is 14.3 Å². The molecule has 0 bridgehead atoms. The van der Waals surface area contributed by atoms with Crippen LogP contribution in [0, 0.1) is 6.92 Å². The van der Waals surface area contributed by atoms with Gasteiger partial charge < -0.3 is 14.8 Å². The first-order chi connectivity index (χ1) is 12.8. The predicted octanol–water partition coefficient (Wildman–Crippen LogP) is 4.49. The van der Waals surface area contributed by atoms with Crippen molar-refractivity contribution in [2.24, 2.45) is 5.10 Å². The van der Waals surface area contributed by atoms with Gasteiger partial charge >= 0.3 is 0 Å². The van der Waals surface area contributed by atoms with E-state index in [1.165, 1.54) is 0 Å². The van der Waals surface area contributed by atoms with Crippen molar-refractivity contribution in [3.05, 3.63) is 50.4 Å². The highest BCUT2D eigenvalue weighted by Crippen LogP contribution is 2.28. The third-order valence-electron chi connectivity index (χ3n) is 3.88. The number of benzene rings is 2. The van der Waals surface area contributed by atoms with E-state index in [-0.39, 0.29) is 12.5 Å². The third-order valence-corrected chi connectivity index (χ3v) is 5.53. The van der Waals surface area contributed by atoms with Gasteiger partial charge in [-0.2, -0.15) is 5.10 Å². The molecule has 0 aliphatic heterocycles. The average Bonchev–Trinajstić information content (AvgIpc) is 2.67. The number of carbonyl (C=O) groups excluding carboxylic acids is 1. The maximum absolute atomic E-state index is 12.1. The molecule has 0 fully saturated rings. The van der Waals surface area contributed by atoms with E-state index in [0.29, 0.717) is 17.2 Å². The Kier molecular flexibility index (Phi) is 7.67. The number of anilines is 1. The summed E-state index contributed by atoms with van der Waals surface area (Å²) < 4.78 is 12.5. The highest BCUT2D eigenvalue weighted by atomic mass is 79.9. The Morgan fingerprint density at radius 1 is 1.11 bits per heavy atom. The Morgan fingerprint density at radius 2 is 1.78 bits per heavy atom. The minimum absolute atomic E-state index is 0.0957. The molecule has 0 aliphatic carbocycles. The van der Waals surface area contributed by atoms with E-state index in [1.807, 2.05) is 31.2 Å². The van der Waals surface area contributed by atoms with Crippen LogP contribution in [0.2, 0.25) is 0 Å². The van der Waals surface area contributed by atoms with Crippen molar-refractivity contribution in [2.75, 3.05) is 26.1 Å². The van der Waals surface area contributed by atoms with E-state index in [1.54, 1.807) is 27.2 Å². The summed E-state index contributed by atoms with van der Waals surface area (Å²) in [6.07, 6.45) is 0. The zero-order chi connectivity index (χ0) is 20.0. The summed E-state index contributed by atoms with van der Waals surface area (Å²) in [4.78, 5) is 12.1. The lowest BCUT2D eigenvalue weighted by molar-refractivity contribution is -0.119. The summed E-state index contributed by atoms with van der Waals surface area (Å²) in [5, 5.41) is 7.23. The van der Waals surface area contributed by atoms with Crippen LogP contribution in [-0.2, 0) is 4.79 Å². The molecule has 2 rings (SSSR count). The maximum atomic E-state index is 12.1. The molecule has 27 heavy (non-hydrogen) atoms. The van der Waals surface area contributed by atoms with Gasteiger partial charge in [0.25, 0.3) is 5.91 Å². The molecule has 144 valence electrons. The molecule has 0 saturated heterocycles. The number of halogens is 2. The molecule has 0 heterocycles. The maximum Gasteiger partial charge on any atom is 0.259 e. The van der Waals surface area contributed by atoms with Crippen LogP contribution in [0.4, 0.5) is 5.69 Å².